The van der Waals surface area contributed by atoms with Gasteiger partial charge in [-0.3, -0.25) is 0 Å². The Hall–Kier alpha value is -1.55. The maximum atomic E-state index is 11.4. The summed E-state index contributed by atoms with van der Waals surface area (Å²) < 4.78 is 4.78. The van der Waals surface area contributed by atoms with Crippen molar-refractivity contribution in [2.45, 2.75) is 32.2 Å². The molecule has 18 heavy (non-hydrogen) atoms. The number of aliphatic hydroxyl groups is 1. The second-order valence-corrected chi connectivity index (χ2v) is 4.85. The second-order valence-electron chi connectivity index (χ2n) is 4.85. The molecule has 0 spiro atoms. The molecule has 0 aliphatic carbocycles. The molecule has 0 atom stereocenters. The van der Waals surface area contributed by atoms with Crippen LogP contribution < -0.4 is 5.32 Å². The summed E-state index contributed by atoms with van der Waals surface area (Å²) in [7, 11) is 0. The van der Waals surface area contributed by atoms with Crippen LogP contribution in [0.1, 0.15) is 25.8 Å². The minimum absolute atomic E-state index is 0.0284. The smallest absolute Gasteiger partial charge is 0.407 e. The van der Waals surface area contributed by atoms with Crippen LogP contribution in [0.4, 0.5) is 4.79 Å². The lowest BCUT2D eigenvalue weighted by atomic mass is 9.95. The zero-order chi connectivity index (χ0) is 13.4. The number of benzene rings is 1. The predicted molar refractivity (Wildman–Crippen MR) is 70.4 cm³/mol. The van der Waals surface area contributed by atoms with Gasteiger partial charge in [0.15, 0.2) is 0 Å². The van der Waals surface area contributed by atoms with E-state index in [2.05, 4.69) is 17.4 Å². The molecule has 0 radical (unpaired) electrons. The van der Waals surface area contributed by atoms with Crippen LogP contribution in [0.5, 0.6) is 0 Å². The fraction of sp³-hybridized carbons (Fsp3) is 0.500. The van der Waals surface area contributed by atoms with Gasteiger partial charge in [-0.1, -0.05) is 30.3 Å². The van der Waals surface area contributed by atoms with Gasteiger partial charge in [-0.25, -0.2) is 4.79 Å². The third-order valence-electron chi connectivity index (χ3n) is 2.65. The van der Waals surface area contributed by atoms with Gasteiger partial charge < -0.3 is 15.2 Å². The Balaban J connectivity index is 2.37. The number of carbonyl (C=O) groups excluding carboxylic acids is 1. The van der Waals surface area contributed by atoms with E-state index >= 15 is 0 Å². The number of nitrogens with one attached hydrogen (secondary N) is 1. The third kappa shape index (κ3) is 5.68. The van der Waals surface area contributed by atoms with Crippen molar-refractivity contribution in [3.8, 4) is 0 Å². The Morgan fingerprint density at radius 2 is 2.00 bits per heavy atom. The first-order valence-corrected chi connectivity index (χ1v) is 6.13. The average Bonchev–Trinajstić information content (AvgIpc) is 2.35. The number of hydrogen-bond acceptors (Lipinski definition) is 3. The van der Waals surface area contributed by atoms with Gasteiger partial charge in [-0.15, -0.1) is 0 Å². The molecule has 0 fully saturated rings. The quantitative estimate of drug-likeness (QED) is 0.814. The summed E-state index contributed by atoms with van der Waals surface area (Å²) in [6, 6.07) is 10.1. The molecule has 0 bridgehead atoms. The molecule has 4 heteroatoms. The SMILES string of the molecule is CC(C)(CCc1ccccc1)NC(=O)OCCO. The average molecular weight is 251 g/mol. The van der Waals surface area contributed by atoms with E-state index in [1.807, 2.05) is 32.0 Å². The molecule has 0 heterocycles. The van der Waals surface area contributed by atoms with E-state index in [4.69, 9.17) is 9.84 Å². The van der Waals surface area contributed by atoms with E-state index in [-0.39, 0.29) is 18.8 Å². The van der Waals surface area contributed by atoms with Gasteiger partial charge in [0.05, 0.1) is 6.61 Å². The van der Waals surface area contributed by atoms with Crippen LogP contribution in [0, 0.1) is 0 Å². The highest BCUT2D eigenvalue weighted by Crippen LogP contribution is 2.13. The lowest BCUT2D eigenvalue weighted by Crippen LogP contribution is -2.44. The summed E-state index contributed by atoms with van der Waals surface area (Å²) >= 11 is 0. The van der Waals surface area contributed by atoms with Crippen molar-refractivity contribution in [2.24, 2.45) is 0 Å². The second kappa shape index (κ2) is 7.01. The van der Waals surface area contributed by atoms with Crippen LogP contribution in [0.2, 0.25) is 0 Å². The highest BCUT2D eigenvalue weighted by atomic mass is 16.6. The molecular weight excluding hydrogens is 230 g/mol. The molecule has 1 amide bonds. The highest BCUT2D eigenvalue weighted by Gasteiger charge is 2.20. The Labute approximate surface area is 108 Å². The van der Waals surface area contributed by atoms with Gasteiger partial charge in [0, 0.05) is 5.54 Å². The van der Waals surface area contributed by atoms with E-state index in [0.29, 0.717) is 0 Å². The van der Waals surface area contributed by atoms with Crippen molar-refractivity contribution in [3.63, 3.8) is 0 Å². The maximum Gasteiger partial charge on any atom is 0.407 e. The number of carbonyl (C=O) groups is 1. The van der Waals surface area contributed by atoms with Gasteiger partial charge >= 0.3 is 6.09 Å². The third-order valence-corrected chi connectivity index (χ3v) is 2.65. The summed E-state index contributed by atoms with van der Waals surface area (Å²) in [6.45, 7) is 3.78. The molecule has 4 nitrogen and oxygen atoms in total. The molecule has 1 rings (SSSR count). The number of alkyl carbamates (subject to hydrolysis) is 1. The van der Waals surface area contributed by atoms with Gasteiger partial charge in [0.1, 0.15) is 6.61 Å². The Kier molecular flexibility index (Phi) is 5.65. The van der Waals surface area contributed by atoms with Crippen LogP contribution >= 0.6 is 0 Å². The predicted octanol–water partition coefficient (Wildman–Crippen LogP) is 2.12. The number of ether oxygens (including phenoxy) is 1. The minimum Gasteiger partial charge on any atom is -0.447 e. The van der Waals surface area contributed by atoms with Crippen LogP contribution in [-0.4, -0.2) is 30.0 Å². The van der Waals surface area contributed by atoms with Gasteiger partial charge in [-0.05, 0) is 32.3 Å². The normalized spacial score (nSPS) is 11.1. The molecule has 100 valence electrons. The van der Waals surface area contributed by atoms with E-state index in [1.165, 1.54) is 5.56 Å². The zero-order valence-corrected chi connectivity index (χ0v) is 11.0. The molecule has 0 aromatic heterocycles. The Morgan fingerprint density at radius 1 is 1.33 bits per heavy atom. The molecule has 2 N–H and O–H groups in total. The van der Waals surface area contributed by atoms with E-state index in [1.54, 1.807) is 0 Å². The first-order valence-electron chi connectivity index (χ1n) is 6.13. The standard InChI is InChI=1S/C14H21NO3/c1-14(2,15-13(17)18-11-10-16)9-8-12-6-4-3-5-7-12/h3-7,16H,8-11H2,1-2H3,(H,15,17). The molecule has 0 aliphatic heterocycles. The topological polar surface area (TPSA) is 58.6 Å². The molecule has 1 aromatic rings. The summed E-state index contributed by atoms with van der Waals surface area (Å²) in [4.78, 5) is 11.4. The largest absolute Gasteiger partial charge is 0.447 e. The molecule has 0 saturated carbocycles. The van der Waals surface area contributed by atoms with Crippen LogP contribution in [0.3, 0.4) is 0 Å². The fourth-order valence-electron chi connectivity index (χ4n) is 1.61. The van der Waals surface area contributed by atoms with Crippen molar-refractivity contribution in [3.05, 3.63) is 35.9 Å². The Morgan fingerprint density at radius 3 is 2.61 bits per heavy atom. The molecule has 0 aliphatic rings. The van der Waals surface area contributed by atoms with Crippen LogP contribution in [-0.2, 0) is 11.2 Å². The minimum atomic E-state index is -0.484. The van der Waals surface area contributed by atoms with Crippen LogP contribution in [0.25, 0.3) is 0 Å². The highest BCUT2D eigenvalue weighted by molar-refractivity contribution is 5.68. The van der Waals surface area contributed by atoms with E-state index < -0.39 is 6.09 Å². The molecular formula is C14H21NO3. The first kappa shape index (κ1) is 14.5. The lowest BCUT2D eigenvalue weighted by molar-refractivity contribution is 0.111. The molecule has 1 aromatic carbocycles. The number of hydrogen-bond donors (Lipinski definition) is 2. The molecule has 0 saturated heterocycles. The first-order chi connectivity index (χ1) is 8.53. The Bertz CT molecular complexity index is 363. The van der Waals surface area contributed by atoms with Crippen molar-refractivity contribution in [2.75, 3.05) is 13.2 Å². The summed E-state index contributed by atoms with van der Waals surface area (Å²) in [6.07, 6.45) is 1.24. The fourth-order valence-corrected chi connectivity index (χ4v) is 1.61. The van der Waals surface area contributed by atoms with Crippen LogP contribution in [0.15, 0.2) is 30.3 Å². The summed E-state index contributed by atoms with van der Waals surface area (Å²) in [5.74, 6) is 0. The zero-order valence-electron chi connectivity index (χ0n) is 11.0. The number of amides is 1. The van der Waals surface area contributed by atoms with Gasteiger partial charge in [0.2, 0.25) is 0 Å². The number of aryl methyl sites for hydroxylation is 1. The summed E-state index contributed by atoms with van der Waals surface area (Å²) in [5, 5.41) is 11.3. The van der Waals surface area contributed by atoms with Crippen molar-refractivity contribution in [1.82, 2.24) is 5.32 Å². The number of rotatable bonds is 6. The van der Waals surface area contributed by atoms with E-state index in [9.17, 15) is 4.79 Å². The van der Waals surface area contributed by atoms with E-state index in [0.717, 1.165) is 12.8 Å². The maximum absolute atomic E-state index is 11.4. The van der Waals surface area contributed by atoms with Gasteiger partial charge in [-0.2, -0.15) is 0 Å². The summed E-state index contributed by atoms with van der Waals surface area (Å²) in [5.41, 5.74) is 0.915. The van der Waals surface area contributed by atoms with Crippen molar-refractivity contribution in [1.29, 1.82) is 0 Å². The molecule has 0 unspecified atom stereocenters. The number of aliphatic hydroxyl groups excluding tert-OH is 1. The van der Waals surface area contributed by atoms with Crippen molar-refractivity contribution >= 4 is 6.09 Å². The van der Waals surface area contributed by atoms with Crippen molar-refractivity contribution < 1.29 is 14.6 Å². The monoisotopic (exact) mass is 251 g/mol. The lowest BCUT2D eigenvalue weighted by Gasteiger charge is -2.25. The van der Waals surface area contributed by atoms with Gasteiger partial charge in [0.25, 0.3) is 0 Å².